The van der Waals surface area contributed by atoms with E-state index in [2.05, 4.69) is 13.2 Å². The zero-order valence-corrected chi connectivity index (χ0v) is 46.7. The Morgan fingerprint density at radius 1 is 0.352 bits per heavy atom. The Bertz CT molecular complexity index is 4680. The van der Waals surface area contributed by atoms with Crippen LogP contribution in [0.3, 0.4) is 0 Å². The summed E-state index contributed by atoms with van der Waals surface area (Å²) in [6, 6.07) is 74.5. The molecule has 0 N–H and O–H groups in total. The third-order valence-corrected chi connectivity index (χ3v) is 17.3. The van der Waals surface area contributed by atoms with Crippen LogP contribution in [0.2, 0.25) is 0 Å². The molecule has 0 saturated carbocycles. The number of fused-ring (bicyclic) bond motifs is 9. The number of rotatable bonds is 13. The van der Waals surface area contributed by atoms with Gasteiger partial charge >= 0.3 is 0 Å². The van der Waals surface area contributed by atoms with Gasteiger partial charge in [-0.1, -0.05) is 165 Å². The van der Waals surface area contributed by atoms with Crippen molar-refractivity contribution < 1.29 is 40.2 Å². The van der Waals surface area contributed by atoms with Crippen LogP contribution in [0.1, 0.15) is 55.6 Å². The summed E-state index contributed by atoms with van der Waals surface area (Å²) in [5.41, 5.74) is 8.89. The fourth-order valence-electron chi connectivity index (χ4n) is 13.4. The summed E-state index contributed by atoms with van der Waals surface area (Å²) in [5, 5.41) is 1.69. The molecule has 2 aliphatic carbocycles. The lowest BCUT2D eigenvalue weighted by atomic mass is 9.67. The van der Waals surface area contributed by atoms with Crippen LogP contribution in [-0.4, -0.2) is 0 Å². The molecule has 0 bridgehead atoms. The molecule has 12 aromatic carbocycles. The first kappa shape index (κ1) is 53.6. The highest BCUT2D eigenvalue weighted by atomic mass is 19.2. The summed E-state index contributed by atoms with van der Waals surface area (Å²) in [4.78, 5) is 2.04. The number of furan rings is 1. The number of hydrogen-bond acceptors (Lipinski definition) is 4. The minimum Gasteiger partial charge on any atom is -0.457 e. The second kappa shape index (κ2) is 20.9. The largest absolute Gasteiger partial charge is 0.457 e. The van der Waals surface area contributed by atoms with Gasteiger partial charge in [-0.05, 0) is 187 Å². The summed E-state index contributed by atoms with van der Waals surface area (Å²) < 4.78 is 115. The van der Waals surface area contributed by atoms with E-state index in [0.29, 0.717) is 84.6 Å². The number of hydrogen-bond donors (Lipinski definition) is 0. The van der Waals surface area contributed by atoms with Gasteiger partial charge in [-0.3, -0.25) is 0 Å². The number of para-hydroxylation sites is 2. The maximum atomic E-state index is 16.2. The van der Waals surface area contributed by atoms with Crippen LogP contribution in [0, 0.1) is 34.9 Å². The van der Waals surface area contributed by atoms with Gasteiger partial charge in [0.25, 0.3) is 0 Å². The van der Waals surface area contributed by atoms with E-state index in [-0.39, 0.29) is 11.1 Å². The Balaban J connectivity index is 0.979. The molecule has 1 aromatic heterocycles. The van der Waals surface area contributed by atoms with Gasteiger partial charge in [0.1, 0.15) is 28.6 Å². The maximum Gasteiger partial charge on any atom is 0.194 e. The highest BCUT2D eigenvalue weighted by Crippen LogP contribution is 2.61. The van der Waals surface area contributed by atoms with Crippen LogP contribution in [-0.2, 0) is 10.8 Å². The van der Waals surface area contributed by atoms with Crippen molar-refractivity contribution in [3.8, 4) is 45.3 Å². The molecule has 10 heteroatoms. The lowest BCUT2D eigenvalue weighted by molar-refractivity contribution is 0.443. The van der Waals surface area contributed by atoms with Gasteiger partial charge in [0, 0.05) is 22.1 Å². The zero-order chi connectivity index (χ0) is 60.0. The zero-order valence-electron chi connectivity index (χ0n) is 46.7. The van der Waals surface area contributed by atoms with Crippen molar-refractivity contribution in [3.63, 3.8) is 0 Å². The molecule has 2 aliphatic rings. The molecule has 1 heterocycles. The smallest absolute Gasteiger partial charge is 0.194 e. The molecule has 13 aromatic rings. The van der Waals surface area contributed by atoms with Crippen LogP contribution >= 0.6 is 0 Å². The summed E-state index contributed by atoms with van der Waals surface area (Å²) >= 11 is 0. The first-order chi connectivity index (χ1) is 43.0. The van der Waals surface area contributed by atoms with E-state index >= 15 is 26.3 Å². The lowest BCUT2D eigenvalue weighted by Crippen LogP contribution is -2.30. The first-order valence-corrected chi connectivity index (χ1v) is 28.5. The average molecular weight is 1160 g/mol. The number of anilines is 3. The standard InChI is InChI=1S/C78H47F6NO3/c1-3-46-20-30-54(31-21-46)86-56-34-24-48(25-35-56)77(50-40-68(79)74(83)69(80)41-50)64-16-8-5-12-58(64)60-38-28-52(44-66(60)77)85(72-18-11-15-63-62-14-7-10-19-73(62)88-76(63)72)53-29-39-61-59-13-6-9-17-65(59)78(67(61)45-53,51-42-70(81)75(84)71(82)43-51)49-26-36-57(37-27-49)87-55-32-22-47(4-2)23-33-55/h3-45H,1-2H2. The molecule has 0 spiro atoms. The highest BCUT2D eigenvalue weighted by molar-refractivity contribution is 6.10. The number of halogens is 6. The maximum absolute atomic E-state index is 16.2. The predicted octanol–water partition coefficient (Wildman–Crippen LogP) is 21.5. The Labute approximate surface area is 502 Å². The summed E-state index contributed by atoms with van der Waals surface area (Å²) in [5.74, 6) is -6.50. The van der Waals surface area contributed by atoms with Gasteiger partial charge in [0.15, 0.2) is 40.5 Å². The van der Waals surface area contributed by atoms with Crippen LogP contribution in [0.25, 0.3) is 56.3 Å². The van der Waals surface area contributed by atoms with Crippen molar-refractivity contribution in [2.75, 3.05) is 4.90 Å². The Hall–Kier alpha value is -11.1. The minimum absolute atomic E-state index is 0.132. The van der Waals surface area contributed by atoms with Gasteiger partial charge in [0.2, 0.25) is 0 Å². The molecule has 0 saturated heterocycles. The van der Waals surface area contributed by atoms with Gasteiger partial charge in [0.05, 0.1) is 16.5 Å². The van der Waals surface area contributed by atoms with Crippen molar-refractivity contribution in [3.05, 3.63) is 352 Å². The van der Waals surface area contributed by atoms with E-state index in [4.69, 9.17) is 13.9 Å². The summed E-state index contributed by atoms with van der Waals surface area (Å²) in [6.07, 6.45) is 3.48. The Morgan fingerprint density at radius 3 is 1.18 bits per heavy atom. The molecule has 0 radical (unpaired) electrons. The topological polar surface area (TPSA) is 34.8 Å². The van der Waals surface area contributed by atoms with E-state index in [1.165, 1.54) is 0 Å². The Kier molecular flexibility index (Phi) is 12.7. The normalized spacial score (nSPS) is 15.3. The van der Waals surface area contributed by atoms with Crippen LogP contribution < -0.4 is 14.4 Å². The van der Waals surface area contributed by atoms with E-state index in [0.717, 1.165) is 68.4 Å². The van der Waals surface area contributed by atoms with E-state index in [9.17, 15) is 0 Å². The summed E-state index contributed by atoms with van der Waals surface area (Å²) in [6.45, 7) is 7.71. The molecule has 424 valence electrons. The van der Waals surface area contributed by atoms with Crippen molar-refractivity contribution in [1.82, 2.24) is 0 Å². The fourth-order valence-corrected chi connectivity index (χ4v) is 13.4. The minimum atomic E-state index is -1.60. The second-order valence-electron chi connectivity index (χ2n) is 21.9. The molecule has 2 unspecified atom stereocenters. The van der Waals surface area contributed by atoms with Crippen LogP contribution in [0.4, 0.5) is 43.4 Å². The molecule has 88 heavy (non-hydrogen) atoms. The lowest BCUT2D eigenvalue weighted by Gasteiger charge is -2.36. The van der Waals surface area contributed by atoms with E-state index in [1.54, 1.807) is 36.4 Å². The second-order valence-corrected chi connectivity index (χ2v) is 21.9. The first-order valence-electron chi connectivity index (χ1n) is 28.5. The van der Waals surface area contributed by atoms with Crippen molar-refractivity contribution in [2.45, 2.75) is 10.8 Å². The number of benzene rings is 12. The molecule has 4 nitrogen and oxygen atoms in total. The van der Waals surface area contributed by atoms with Gasteiger partial charge < -0.3 is 18.8 Å². The van der Waals surface area contributed by atoms with Crippen molar-refractivity contribution >= 4 is 51.2 Å². The molecular weight excluding hydrogens is 1110 g/mol. The Morgan fingerprint density at radius 2 is 0.739 bits per heavy atom. The van der Waals surface area contributed by atoms with Gasteiger partial charge in [-0.15, -0.1) is 0 Å². The quantitative estimate of drug-likeness (QED) is 0.0851. The van der Waals surface area contributed by atoms with E-state index in [1.807, 2.05) is 205 Å². The van der Waals surface area contributed by atoms with Gasteiger partial charge in [-0.25, -0.2) is 26.3 Å². The third kappa shape index (κ3) is 8.31. The molecule has 0 fully saturated rings. The monoisotopic (exact) mass is 1160 g/mol. The molecule has 0 amide bonds. The highest BCUT2D eigenvalue weighted by Gasteiger charge is 2.49. The average Bonchev–Trinajstić information content (AvgIpc) is 1.54. The van der Waals surface area contributed by atoms with Crippen molar-refractivity contribution in [2.24, 2.45) is 0 Å². The van der Waals surface area contributed by atoms with Gasteiger partial charge in [-0.2, -0.15) is 0 Å². The predicted molar refractivity (Wildman–Crippen MR) is 336 cm³/mol. The third-order valence-electron chi connectivity index (χ3n) is 17.3. The molecular formula is C78H47F6NO3. The van der Waals surface area contributed by atoms with E-state index < -0.39 is 45.7 Å². The van der Waals surface area contributed by atoms with Crippen molar-refractivity contribution in [1.29, 1.82) is 0 Å². The molecule has 0 aliphatic heterocycles. The molecule has 15 rings (SSSR count). The fraction of sp³-hybridized carbons (Fsp3) is 0.0256. The number of nitrogens with zero attached hydrogens (tertiary/aromatic N) is 1. The summed E-state index contributed by atoms with van der Waals surface area (Å²) in [7, 11) is 0. The SMILES string of the molecule is C=Cc1ccc(Oc2ccc(C3(c4cc(F)c(F)c(F)c4)c4ccccc4-c4ccc(N(c5ccc6c(c5)C(c5ccc(Oc7ccc(C=C)cc7)cc5)(c5cc(F)c(F)c(F)c5)c5ccccc5-6)c5cccc6c5oc5ccccc56)cc43)cc2)cc1. The van der Waals surface area contributed by atoms with Crippen LogP contribution in [0.5, 0.6) is 23.0 Å². The number of ether oxygens (including phenoxy) is 2. The van der Waals surface area contributed by atoms with Crippen LogP contribution in [0.15, 0.2) is 266 Å². The molecule has 2 atom stereocenters.